The number of carbonyl (C=O) groups is 1. The number of hydrogen-bond acceptors (Lipinski definition) is 2. The maximum absolute atomic E-state index is 11.8. The third-order valence-electron chi connectivity index (χ3n) is 2.49. The molecule has 0 atom stereocenters. The Labute approximate surface area is 125 Å². The van der Waals surface area contributed by atoms with Crippen LogP contribution in [0.25, 0.3) is 0 Å². The van der Waals surface area contributed by atoms with E-state index in [9.17, 15) is 4.79 Å². The van der Waals surface area contributed by atoms with Crippen molar-refractivity contribution in [1.82, 2.24) is 0 Å². The molecule has 0 amide bonds. The molecule has 0 fully saturated rings. The number of hydrogen-bond donors (Lipinski definition) is 0. The minimum Gasteiger partial charge on any atom is -0.457 e. The molecule has 0 bridgehead atoms. The van der Waals surface area contributed by atoms with E-state index in [2.05, 4.69) is 0 Å². The van der Waals surface area contributed by atoms with Crippen molar-refractivity contribution < 1.29 is 9.53 Å². The highest BCUT2D eigenvalue weighted by Gasteiger charge is 2.10. The van der Waals surface area contributed by atoms with E-state index in [0.29, 0.717) is 26.2 Å². The van der Waals surface area contributed by atoms with Gasteiger partial charge >= 0.3 is 5.97 Å². The van der Waals surface area contributed by atoms with Gasteiger partial charge in [0.15, 0.2) is 0 Å². The van der Waals surface area contributed by atoms with Gasteiger partial charge in [-0.05, 0) is 36.4 Å². The first kappa shape index (κ1) is 14.2. The van der Waals surface area contributed by atoms with Crippen molar-refractivity contribution in [3.05, 3.63) is 68.7 Å². The van der Waals surface area contributed by atoms with Crippen molar-refractivity contribution in [3.8, 4) is 0 Å². The third kappa shape index (κ3) is 3.63. The van der Waals surface area contributed by atoms with Crippen LogP contribution in [0, 0.1) is 0 Å². The summed E-state index contributed by atoms with van der Waals surface area (Å²) in [7, 11) is 0. The lowest BCUT2D eigenvalue weighted by Gasteiger charge is -2.08. The molecule has 0 N–H and O–H groups in total. The van der Waals surface area contributed by atoms with E-state index in [-0.39, 0.29) is 6.61 Å². The summed E-state index contributed by atoms with van der Waals surface area (Å²) >= 11 is 17.7. The predicted octanol–water partition coefficient (Wildman–Crippen LogP) is 5.00. The number of benzene rings is 2. The maximum Gasteiger partial charge on any atom is 0.338 e. The highest BCUT2D eigenvalue weighted by molar-refractivity contribution is 6.36. The van der Waals surface area contributed by atoms with E-state index in [4.69, 9.17) is 39.5 Å². The maximum atomic E-state index is 11.8. The van der Waals surface area contributed by atoms with E-state index in [1.807, 2.05) is 0 Å². The zero-order valence-electron chi connectivity index (χ0n) is 9.70. The molecule has 0 unspecified atom stereocenters. The van der Waals surface area contributed by atoms with Crippen LogP contribution >= 0.6 is 34.8 Å². The monoisotopic (exact) mass is 314 g/mol. The van der Waals surface area contributed by atoms with E-state index in [1.54, 1.807) is 42.5 Å². The van der Waals surface area contributed by atoms with Crippen molar-refractivity contribution in [1.29, 1.82) is 0 Å². The molecule has 0 spiro atoms. The van der Waals surface area contributed by atoms with Crippen LogP contribution in [0.5, 0.6) is 0 Å². The Bertz CT molecular complexity index is 574. The lowest BCUT2D eigenvalue weighted by Crippen LogP contribution is -2.05. The standard InChI is InChI=1S/C14H9Cl3O2/c15-10-6-4-9(5-7-10)14(18)19-8-11-12(16)2-1-3-13(11)17/h1-7H,8H2. The topological polar surface area (TPSA) is 26.3 Å². The Kier molecular flexibility index (Phi) is 4.70. The molecule has 5 heteroatoms. The first-order chi connectivity index (χ1) is 9.08. The SMILES string of the molecule is O=C(OCc1c(Cl)cccc1Cl)c1ccc(Cl)cc1. The van der Waals surface area contributed by atoms with Gasteiger partial charge in [-0.2, -0.15) is 0 Å². The largest absolute Gasteiger partial charge is 0.457 e. The van der Waals surface area contributed by atoms with Crippen LogP contribution in [0.2, 0.25) is 15.1 Å². The van der Waals surface area contributed by atoms with Gasteiger partial charge in [0.05, 0.1) is 5.56 Å². The second-order valence-electron chi connectivity index (χ2n) is 3.78. The molecular formula is C14H9Cl3O2. The zero-order valence-corrected chi connectivity index (χ0v) is 12.0. The number of ether oxygens (including phenoxy) is 1. The number of halogens is 3. The van der Waals surface area contributed by atoms with Gasteiger partial charge < -0.3 is 4.74 Å². The molecule has 0 aliphatic carbocycles. The van der Waals surface area contributed by atoms with Crippen molar-refractivity contribution in [2.45, 2.75) is 6.61 Å². The van der Waals surface area contributed by atoms with Crippen LogP contribution in [0.15, 0.2) is 42.5 Å². The van der Waals surface area contributed by atoms with Crippen LogP contribution in [-0.4, -0.2) is 5.97 Å². The minimum atomic E-state index is -0.451. The molecule has 0 heterocycles. The molecule has 0 saturated heterocycles. The lowest BCUT2D eigenvalue weighted by atomic mass is 10.2. The first-order valence-electron chi connectivity index (χ1n) is 5.43. The molecule has 0 aromatic heterocycles. The molecule has 2 aromatic carbocycles. The van der Waals surface area contributed by atoms with Crippen molar-refractivity contribution in [2.75, 3.05) is 0 Å². The Hall–Kier alpha value is -1.22. The lowest BCUT2D eigenvalue weighted by molar-refractivity contribution is 0.0473. The summed E-state index contributed by atoms with van der Waals surface area (Å²) in [6.45, 7) is 0.0277. The highest BCUT2D eigenvalue weighted by atomic mass is 35.5. The van der Waals surface area contributed by atoms with Crippen molar-refractivity contribution in [3.63, 3.8) is 0 Å². The van der Waals surface area contributed by atoms with Gasteiger partial charge in [-0.25, -0.2) is 4.79 Å². The Morgan fingerprint density at radius 2 is 1.53 bits per heavy atom. The summed E-state index contributed by atoms with van der Waals surface area (Å²) in [6, 6.07) is 11.6. The van der Waals surface area contributed by atoms with Crippen molar-refractivity contribution >= 4 is 40.8 Å². The Morgan fingerprint density at radius 1 is 0.947 bits per heavy atom. The second kappa shape index (κ2) is 6.29. The van der Waals surface area contributed by atoms with Gasteiger partial charge in [0.25, 0.3) is 0 Å². The van der Waals surface area contributed by atoms with E-state index in [1.165, 1.54) is 0 Å². The molecule has 0 aliphatic heterocycles. The van der Waals surface area contributed by atoms with Crippen LogP contribution < -0.4 is 0 Å². The average Bonchev–Trinajstić information content (AvgIpc) is 2.38. The summed E-state index contributed by atoms with van der Waals surface area (Å²) in [6.07, 6.45) is 0. The molecule has 0 aliphatic rings. The molecule has 0 radical (unpaired) electrons. The summed E-state index contributed by atoms with van der Waals surface area (Å²) in [4.78, 5) is 11.8. The minimum absolute atomic E-state index is 0.0277. The molecule has 2 aromatic rings. The van der Waals surface area contributed by atoms with E-state index < -0.39 is 5.97 Å². The average molecular weight is 316 g/mol. The number of esters is 1. The summed E-state index contributed by atoms with van der Waals surface area (Å²) in [5.41, 5.74) is 1.01. The van der Waals surface area contributed by atoms with Gasteiger partial charge in [0.2, 0.25) is 0 Å². The molecule has 19 heavy (non-hydrogen) atoms. The summed E-state index contributed by atoms with van der Waals surface area (Å²) in [5, 5.41) is 1.50. The Balaban J connectivity index is 2.06. The smallest absolute Gasteiger partial charge is 0.338 e. The van der Waals surface area contributed by atoms with Crippen LogP contribution in [0.1, 0.15) is 15.9 Å². The van der Waals surface area contributed by atoms with Gasteiger partial charge in [-0.3, -0.25) is 0 Å². The fraction of sp³-hybridized carbons (Fsp3) is 0.0714. The highest BCUT2D eigenvalue weighted by Crippen LogP contribution is 2.25. The number of carbonyl (C=O) groups excluding carboxylic acids is 1. The molecule has 2 nitrogen and oxygen atoms in total. The van der Waals surface area contributed by atoms with E-state index in [0.717, 1.165) is 0 Å². The van der Waals surface area contributed by atoms with Crippen LogP contribution in [-0.2, 0) is 11.3 Å². The number of rotatable bonds is 3. The zero-order chi connectivity index (χ0) is 13.8. The quantitative estimate of drug-likeness (QED) is 0.745. The van der Waals surface area contributed by atoms with Gasteiger partial charge in [0, 0.05) is 20.6 Å². The summed E-state index contributed by atoms with van der Waals surface area (Å²) < 4.78 is 5.16. The molecule has 2 rings (SSSR count). The van der Waals surface area contributed by atoms with Crippen LogP contribution in [0.3, 0.4) is 0 Å². The second-order valence-corrected chi connectivity index (χ2v) is 5.03. The van der Waals surface area contributed by atoms with Gasteiger partial charge in [0.1, 0.15) is 6.61 Å². The molecular weight excluding hydrogens is 307 g/mol. The predicted molar refractivity (Wildman–Crippen MR) is 77.0 cm³/mol. The normalized spacial score (nSPS) is 10.3. The molecule has 98 valence electrons. The first-order valence-corrected chi connectivity index (χ1v) is 6.57. The Morgan fingerprint density at radius 3 is 2.11 bits per heavy atom. The summed E-state index contributed by atoms with van der Waals surface area (Å²) in [5.74, 6) is -0.451. The molecule has 0 saturated carbocycles. The van der Waals surface area contributed by atoms with Gasteiger partial charge in [-0.15, -0.1) is 0 Å². The fourth-order valence-electron chi connectivity index (χ4n) is 1.48. The van der Waals surface area contributed by atoms with Crippen molar-refractivity contribution in [2.24, 2.45) is 0 Å². The van der Waals surface area contributed by atoms with Crippen LogP contribution in [0.4, 0.5) is 0 Å². The third-order valence-corrected chi connectivity index (χ3v) is 3.45. The fourth-order valence-corrected chi connectivity index (χ4v) is 2.11. The van der Waals surface area contributed by atoms with Gasteiger partial charge in [-0.1, -0.05) is 40.9 Å². The van der Waals surface area contributed by atoms with E-state index >= 15 is 0 Å².